The number of nitrogens with zero attached hydrogens (tertiary/aromatic N) is 2. The van der Waals surface area contributed by atoms with Crippen LogP contribution in [0.5, 0.6) is 0 Å². The third kappa shape index (κ3) is 5.20. The van der Waals surface area contributed by atoms with Crippen LogP contribution in [-0.2, 0) is 11.8 Å². The van der Waals surface area contributed by atoms with Crippen LogP contribution >= 0.6 is 11.8 Å². The van der Waals surface area contributed by atoms with Gasteiger partial charge in [0, 0.05) is 65.8 Å². The molecule has 1 aliphatic heterocycles. The normalized spacial score (nSPS) is 14.2. The number of para-hydroxylation sites is 4. The molecule has 1 aromatic heterocycles. The summed E-state index contributed by atoms with van der Waals surface area (Å²) in [6.45, 7) is 9.18. The second-order valence-corrected chi connectivity index (χ2v) is 17.3. The highest BCUT2D eigenvalue weighted by atomic mass is 32.2. The lowest BCUT2D eigenvalue weighted by Crippen LogP contribution is -2.16. The van der Waals surface area contributed by atoms with Crippen molar-refractivity contribution in [3.63, 3.8) is 0 Å². The first-order valence-corrected chi connectivity index (χ1v) is 20.9. The molecule has 276 valence electrons. The van der Waals surface area contributed by atoms with E-state index in [9.17, 15) is 0 Å². The maximum atomic E-state index is 4.00. The van der Waals surface area contributed by atoms with Crippen molar-refractivity contribution in [3.8, 4) is 27.9 Å². The van der Waals surface area contributed by atoms with Crippen molar-refractivity contribution in [2.75, 3.05) is 10.2 Å². The second kappa shape index (κ2) is 12.9. The summed E-state index contributed by atoms with van der Waals surface area (Å²) >= 11 is 1.92. The minimum atomic E-state index is -0.160. The molecule has 0 saturated heterocycles. The Morgan fingerprint density at radius 1 is 0.632 bits per heavy atom. The van der Waals surface area contributed by atoms with Crippen LogP contribution in [0.1, 0.15) is 53.8 Å². The molecule has 0 radical (unpaired) electrons. The number of fused-ring (bicyclic) bond motifs is 8. The highest BCUT2D eigenvalue weighted by Crippen LogP contribution is 2.56. The van der Waals surface area contributed by atoms with Crippen LogP contribution < -0.4 is 10.2 Å². The molecule has 0 atom stereocenters. The predicted octanol–water partition coefficient (Wildman–Crippen LogP) is 14.9. The van der Waals surface area contributed by atoms with Gasteiger partial charge < -0.3 is 14.8 Å². The zero-order chi connectivity index (χ0) is 38.4. The number of aromatic nitrogens is 1. The Morgan fingerprint density at radius 2 is 1.40 bits per heavy atom. The fourth-order valence-electron chi connectivity index (χ4n) is 9.64. The van der Waals surface area contributed by atoms with E-state index in [2.05, 4.69) is 200 Å². The van der Waals surface area contributed by atoms with Gasteiger partial charge in [0.15, 0.2) is 0 Å². The molecule has 1 N–H and O–H groups in total. The maximum Gasteiger partial charge on any atom is 0.0677 e. The summed E-state index contributed by atoms with van der Waals surface area (Å²) in [7, 11) is 0. The first-order chi connectivity index (χ1) is 27.9. The molecule has 8 aromatic rings. The number of anilines is 5. The molecule has 2 aliphatic carbocycles. The molecule has 0 spiro atoms. The van der Waals surface area contributed by atoms with Gasteiger partial charge in [-0.25, -0.2) is 0 Å². The predicted molar refractivity (Wildman–Crippen MR) is 242 cm³/mol. The summed E-state index contributed by atoms with van der Waals surface area (Å²) in [6.07, 6.45) is 6.84. The summed E-state index contributed by atoms with van der Waals surface area (Å²) in [5, 5.41) is 5.37. The monoisotopic (exact) mass is 753 g/mol. The van der Waals surface area contributed by atoms with Gasteiger partial charge in [0.2, 0.25) is 0 Å². The number of rotatable bonds is 6. The molecule has 0 saturated carbocycles. The lowest BCUT2D eigenvalue weighted by molar-refractivity contribution is 0.660. The van der Waals surface area contributed by atoms with Gasteiger partial charge in [-0.2, -0.15) is 0 Å². The maximum absolute atomic E-state index is 4.00. The molecular weight excluding hydrogens is 711 g/mol. The van der Waals surface area contributed by atoms with Gasteiger partial charge >= 0.3 is 0 Å². The molecule has 0 amide bonds. The summed E-state index contributed by atoms with van der Waals surface area (Å²) in [5.41, 5.74) is 21.0. The molecule has 57 heavy (non-hydrogen) atoms. The quantitative estimate of drug-likeness (QED) is 0.183. The fraction of sp³-hybridized carbons (Fsp3) is 0.132. The Kier molecular flexibility index (Phi) is 7.71. The molecule has 4 heteroatoms. The highest BCUT2D eigenvalue weighted by molar-refractivity contribution is 8.00. The van der Waals surface area contributed by atoms with E-state index in [4.69, 9.17) is 0 Å². The number of aryl methyl sites for hydroxylation is 3. The van der Waals surface area contributed by atoms with Crippen LogP contribution in [0, 0.1) is 13.8 Å². The van der Waals surface area contributed by atoms with Crippen LogP contribution in [0.4, 0.5) is 28.4 Å². The standard InChI is InChI=1S/C53H43N3S/c1-33-17-8-13-25-45(33)54-46-32-40-37-21-10-12-24-43(37)53(3,4)44(40)31-41(46)42-29-36(55(35-19-6-5-7-20-35)47-26-14-9-18-34(47)2)30-49-52(42)57-50-28-16-23-39-38-22-11-15-27-48(38)56(49)51(39)50/h5-10,12-21,23-32,54H,11,22H2,1-4H3. The fourth-order valence-corrected chi connectivity index (χ4v) is 10.8. The first-order valence-electron chi connectivity index (χ1n) is 20.1. The van der Waals surface area contributed by atoms with E-state index < -0.39 is 0 Å². The van der Waals surface area contributed by atoms with E-state index >= 15 is 0 Å². The van der Waals surface area contributed by atoms with Gasteiger partial charge in [-0.15, -0.1) is 0 Å². The van der Waals surface area contributed by atoms with E-state index in [1.165, 1.54) is 87.8 Å². The number of nitrogens with one attached hydrogen (secondary N) is 1. The van der Waals surface area contributed by atoms with Crippen molar-refractivity contribution in [2.24, 2.45) is 0 Å². The average molecular weight is 754 g/mol. The largest absolute Gasteiger partial charge is 0.355 e. The lowest BCUT2D eigenvalue weighted by Gasteiger charge is -2.31. The molecule has 3 nitrogen and oxygen atoms in total. The Balaban J connectivity index is 1.26. The molecule has 7 aromatic carbocycles. The van der Waals surface area contributed by atoms with Gasteiger partial charge in [-0.3, -0.25) is 0 Å². The van der Waals surface area contributed by atoms with Crippen LogP contribution in [0.15, 0.2) is 161 Å². The van der Waals surface area contributed by atoms with Crippen LogP contribution in [0.3, 0.4) is 0 Å². The van der Waals surface area contributed by atoms with Crippen molar-refractivity contribution in [3.05, 3.63) is 185 Å². The van der Waals surface area contributed by atoms with E-state index in [-0.39, 0.29) is 5.41 Å². The topological polar surface area (TPSA) is 20.2 Å². The summed E-state index contributed by atoms with van der Waals surface area (Å²) < 4.78 is 2.58. The van der Waals surface area contributed by atoms with E-state index in [0.717, 1.165) is 35.6 Å². The average Bonchev–Trinajstić information content (AvgIpc) is 3.69. The van der Waals surface area contributed by atoms with Crippen molar-refractivity contribution in [1.29, 1.82) is 0 Å². The summed E-state index contributed by atoms with van der Waals surface area (Å²) in [5.74, 6) is 0. The third-order valence-corrected chi connectivity index (χ3v) is 13.7. The zero-order valence-corrected chi connectivity index (χ0v) is 33.5. The van der Waals surface area contributed by atoms with Crippen LogP contribution in [0.2, 0.25) is 0 Å². The van der Waals surface area contributed by atoms with E-state index in [0.29, 0.717) is 0 Å². The van der Waals surface area contributed by atoms with Crippen LogP contribution in [0.25, 0.3) is 44.9 Å². The molecule has 0 bridgehead atoms. The van der Waals surface area contributed by atoms with Gasteiger partial charge in [-0.05, 0) is 126 Å². The molecule has 3 aliphatic rings. The highest BCUT2D eigenvalue weighted by Gasteiger charge is 2.37. The van der Waals surface area contributed by atoms with Gasteiger partial charge in [0.05, 0.1) is 11.2 Å². The lowest BCUT2D eigenvalue weighted by atomic mass is 9.81. The zero-order valence-electron chi connectivity index (χ0n) is 32.7. The molecule has 11 rings (SSSR count). The van der Waals surface area contributed by atoms with Gasteiger partial charge in [-0.1, -0.05) is 123 Å². The Hall–Kier alpha value is -6.23. The Labute approximate surface area is 339 Å². The summed E-state index contributed by atoms with van der Waals surface area (Å²) in [6, 6.07) is 54.0. The van der Waals surface area contributed by atoms with Gasteiger partial charge in [0.25, 0.3) is 0 Å². The van der Waals surface area contributed by atoms with Crippen molar-refractivity contribution in [2.45, 2.75) is 55.7 Å². The Morgan fingerprint density at radius 3 is 2.25 bits per heavy atom. The SMILES string of the molecule is Cc1ccccc1Nc1cc2c(cc1-c1cc(N(c3ccccc3)c3ccccc3C)cc3c1Sc1cccc4c5c(n-3c14)C=CCC5)C(C)(C)c1ccccc1-2. The summed E-state index contributed by atoms with van der Waals surface area (Å²) in [4.78, 5) is 5.03. The van der Waals surface area contributed by atoms with Crippen molar-refractivity contribution in [1.82, 2.24) is 4.57 Å². The number of hydrogen-bond acceptors (Lipinski definition) is 3. The smallest absolute Gasteiger partial charge is 0.0677 e. The number of benzene rings is 7. The first kappa shape index (κ1) is 34.1. The molecular formula is C53H43N3S. The van der Waals surface area contributed by atoms with Crippen molar-refractivity contribution >= 4 is 57.2 Å². The molecule has 0 unspecified atom stereocenters. The minimum Gasteiger partial charge on any atom is -0.355 e. The Bertz CT molecular complexity index is 2970. The van der Waals surface area contributed by atoms with Gasteiger partial charge in [0.1, 0.15) is 0 Å². The number of allylic oxidation sites excluding steroid dienone is 1. The van der Waals surface area contributed by atoms with Crippen molar-refractivity contribution < 1.29 is 0 Å². The molecule has 0 fully saturated rings. The van der Waals surface area contributed by atoms with Crippen LogP contribution in [-0.4, -0.2) is 4.57 Å². The van der Waals surface area contributed by atoms with E-state index in [1.54, 1.807) is 0 Å². The second-order valence-electron chi connectivity index (χ2n) is 16.2. The van der Waals surface area contributed by atoms with E-state index in [1.807, 2.05) is 11.8 Å². The molecule has 2 heterocycles. The third-order valence-electron chi connectivity index (χ3n) is 12.5. The number of hydrogen-bond donors (Lipinski definition) is 1. The minimum absolute atomic E-state index is 0.160.